The zero-order valence-corrected chi connectivity index (χ0v) is 14.9. The van der Waals surface area contributed by atoms with Gasteiger partial charge in [0.05, 0.1) is 18.2 Å². The summed E-state index contributed by atoms with van der Waals surface area (Å²) in [5.41, 5.74) is 1.24. The summed E-state index contributed by atoms with van der Waals surface area (Å²) in [5.74, 6) is -0.845. The standard InChI is InChI=1S/C20H20N2O4/c1-12(2)17(18(23)21-13-8-10-14(26-3)11-9-13)22-19(24)15-6-4-5-7-16(15)20(22)25/h4-12,17H,1-3H3,(H,21,23)/t17-/m1/s1. The largest absolute Gasteiger partial charge is 0.497 e. The van der Waals surface area contributed by atoms with Crippen molar-refractivity contribution in [2.45, 2.75) is 19.9 Å². The van der Waals surface area contributed by atoms with Gasteiger partial charge in [-0.2, -0.15) is 0 Å². The molecule has 0 saturated heterocycles. The minimum absolute atomic E-state index is 0.240. The van der Waals surface area contributed by atoms with Crippen molar-refractivity contribution in [1.82, 2.24) is 4.90 Å². The lowest BCUT2D eigenvalue weighted by molar-refractivity contribution is -0.121. The van der Waals surface area contributed by atoms with Crippen LogP contribution in [0.1, 0.15) is 34.6 Å². The molecule has 1 aliphatic rings. The number of amides is 3. The molecule has 0 aliphatic carbocycles. The van der Waals surface area contributed by atoms with E-state index in [1.54, 1.807) is 55.6 Å². The van der Waals surface area contributed by atoms with Crippen LogP contribution in [0, 0.1) is 5.92 Å². The number of benzene rings is 2. The first kappa shape index (κ1) is 17.7. The minimum atomic E-state index is -0.899. The second-order valence-electron chi connectivity index (χ2n) is 6.43. The number of hydrogen-bond donors (Lipinski definition) is 1. The van der Waals surface area contributed by atoms with Crippen molar-refractivity contribution in [3.8, 4) is 5.75 Å². The number of ether oxygens (including phenoxy) is 1. The third-order valence-electron chi connectivity index (χ3n) is 4.36. The number of carbonyl (C=O) groups is 3. The Morgan fingerprint density at radius 2 is 1.50 bits per heavy atom. The lowest BCUT2D eigenvalue weighted by Gasteiger charge is -2.28. The normalized spacial score (nSPS) is 14.4. The van der Waals surface area contributed by atoms with Gasteiger partial charge in [0.15, 0.2) is 0 Å². The number of fused-ring (bicyclic) bond motifs is 1. The Balaban J connectivity index is 1.86. The minimum Gasteiger partial charge on any atom is -0.497 e. The highest BCUT2D eigenvalue weighted by atomic mass is 16.5. The third-order valence-corrected chi connectivity index (χ3v) is 4.36. The van der Waals surface area contributed by atoms with Crippen LogP contribution in [0.3, 0.4) is 0 Å². The lowest BCUT2D eigenvalue weighted by Crippen LogP contribution is -2.50. The molecule has 0 radical (unpaired) electrons. The van der Waals surface area contributed by atoms with Crippen LogP contribution >= 0.6 is 0 Å². The van der Waals surface area contributed by atoms with Gasteiger partial charge in [-0.15, -0.1) is 0 Å². The molecule has 1 atom stereocenters. The first-order chi connectivity index (χ1) is 12.4. The predicted octanol–water partition coefficient (Wildman–Crippen LogP) is 2.95. The summed E-state index contributed by atoms with van der Waals surface area (Å²) in [5, 5.41) is 2.78. The van der Waals surface area contributed by atoms with Crippen molar-refractivity contribution in [3.63, 3.8) is 0 Å². The number of rotatable bonds is 5. The van der Waals surface area contributed by atoms with Gasteiger partial charge in [-0.25, -0.2) is 0 Å². The Morgan fingerprint density at radius 3 is 1.96 bits per heavy atom. The molecule has 0 unspecified atom stereocenters. The van der Waals surface area contributed by atoms with Gasteiger partial charge in [0, 0.05) is 5.69 Å². The fourth-order valence-corrected chi connectivity index (χ4v) is 3.07. The number of carbonyl (C=O) groups excluding carboxylic acids is 3. The first-order valence-corrected chi connectivity index (χ1v) is 8.36. The van der Waals surface area contributed by atoms with E-state index in [4.69, 9.17) is 4.74 Å². The average Bonchev–Trinajstić information content (AvgIpc) is 2.88. The summed E-state index contributed by atoms with van der Waals surface area (Å²) in [6.45, 7) is 3.61. The van der Waals surface area contributed by atoms with Crippen molar-refractivity contribution < 1.29 is 19.1 Å². The van der Waals surface area contributed by atoms with E-state index in [1.807, 2.05) is 13.8 Å². The monoisotopic (exact) mass is 352 g/mol. The summed E-state index contributed by atoms with van der Waals surface area (Å²) in [6, 6.07) is 12.6. The summed E-state index contributed by atoms with van der Waals surface area (Å²) in [4.78, 5) is 39.3. The molecule has 3 amide bonds. The zero-order chi connectivity index (χ0) is 18.8. The Hall–Kier alpha value is -3.15. The average molecular weight is 352 g/mol. The van der Waals surface area contributed by atoms with Crippen LogP contribution in [0.15, 0.2) is 48.5 Å². The van der Waals surface area contributed by atoms with Crippen molar-refractivity contribution in [1.29, 1.82) is 0 Å². The SMILES string of the molecule is COc1ccc(NC(=O)[C@@H](C(C)C)N2C(=O)c3ccccc3C2=O)cc1. The van der Waals surface area contributed by atoms with E-state index in [0.717, 1.165) is 4.90 Å². The molecule has 6 heteroatoms. The molecule has 6 nitrogen and oxygen atoms in total. The number of imide groups is 1. The molecule has 0 fully saturated rings. The molecule has 134 valence electrons. The van der Waals surface area contributed by atoms with Crippen LogP contribution in [0.25, 0.3) is 0 Å². The predicted molar refractivity (Wildman–Crippen MR) is 97.2 cm³/mol. The molecule has 26 heavy (non-hydrogen) atoms. The topological polar surface area (TPSA) is 75.7 Å². The van der Waals surface area contributed by atoms with Crippen molar-refractivity contribution >= 4 is 23.4 Å². The van der Waals surface area contributed by atoms with E-state index in [1.165, 1.54) is 0 Å². The lowest BCUT2D eigenvalue weighted by atomic mass is 10.0. The molecule has 2 aromatic carbocycles. The maximum Gasteiger partial charge on any atom is 0.262 e. The van der Waals surface area contributed by atoms with Gasteiger partial charge in [-0.1, -0.05) is 26.0 Å². The van der Waals surface area contributed by atoms with E-state index in [2.05, 4.69) is 5.32 Å². The zero-order valence-electron chi connectivity index (χ0n) is 14.9. The molecule has 0 spiro atoms. The highest BCUT2D eigenvalue weighted by molar-refractivity contribution is 6.23. The van der Waals surface area contributed by atoms with Crippen LogP contribution in [0.4, 0.5) is 5.69 Å². The van der Waals surface area contributed by atoms with Gasteiger partial charge >= 0.3 is 0 Å². The first-order valence-electron chi connectivity index (χ1n) is 8.36. The summed E-state index contributed by atoms with van der Waals surface area (Å²) in [6.07, 6.45) is 0. The summed E-state index contributed by atoms with van der Waals surface area (Å²) >= 11 is 0. The molecule has 1 heterocycles. The molecule has 0 bridgehead atoms. The van der Waals surface area contributed by atoms with Crippen molar-refractivity contribution in [2.24, 2.45) is 5.92 Å². The van der Waals surface area contributed by atoms with Crippen LogP contribution in [0.5, 0.6) is 5.75 Å². The van der Waals surface area contributed by atoms with Crippen LogP contribution in [-0.4, -0.2) is 35.8 Å². The second kappa shape index (κ2) is 7.00. The van der Waals surface area contributed by atoms with Crippen molar-refractivity contribution in [2.75, 3.05) is 12.4 Å². The fraction of sp³-hybridized carbons (Fsp3) is 0.250. The maximum absolute atomic E-state index is 12.8. The Morgan fingerprint density at radius 1 is 0.962 bits per heavy atom. The number of nitrogens with one attached hydrogen (secondary N) is 1. The van der Waals surface area contributed by atoms with Gasteiger partial charge in [-0.05, 0) is 42.3 Å². The Labute approximate surface area is 151 Å². The summed E-state index contributed by atoms with van der Waals surface area (Å²) < 4.78 is 5.09. The molecular weight excluding hydrogens is 332 g/mol. The van der Waals surface area contributed by atoms with E-state index in [9.17, 15) is 14.4 Å². The highest BCUT2D eigenvalue weighted by Crippen LogP contribution is 2.28. The smallest absolute Gasteiger partial charge is 0.262 e. The molecule has 1 aliphatic heterocycles. The quantitative estimate of drug-likeness (QED) is 0.840. The van der Waals surface area contributed by atoms with Gasteiger partial charge < -0.3 is 10.1 Å². The van der Waals surface area contributed by atoms with E-state index in [0.29, 0.717) is 22.6 Å². The molecular formula is C20H20N2O4. The third kappa shape index (κ3) is 3.06. The summed E-state index contributed by atoms with van der Waals surface area (Å²) in [7, 11) is 1.56. The number of anilines is 1. The van der Waals surface area contributed by atoms with Crippen molar-refractivity contribution in [3.05, 3.63) is 59.7 Å². The van der Waals surface area contributed by atoms with Gasteiger partial charge in [0.25, 0.3) is 11.8 Å². The molecule has 0 saturated carbocycles. The van der Waals surface area contributed by atoms with E-state index < -0.39 is 23.8 Å². The molecule has 3 rings (SSSR count). The Bertz CT molecular complexity index is 823. The van der Waals surface area contributed by atoms with Gasteiger partial charge in [-0.3, -0.25) is 19.3 Å². The van der Waals surface area contributed by atoms with Gasteiger partial charge in [0.1, 0.15) is 11.8 Å². The Kier molecular flexibility index (Phi) is 4.75. The molecule has 2 aromatic rings. The number of hydrogen-bond acceptors (Lipinski definition) is 4. The van der Waals surface area contributed by atoms with E-state index in [-0.39, 0.29) is 5.92 Å². The van der Waals surface area contributed by atoms with Crippen LogP contribution in [0.2, 0.25) is 0 Å². The van der Waals surface area contributed by atoms with E-state index >= 15 is 0 Å². The molecule has 0 aromatic heterocycles. The maximum atomic E-state index is 12.8. The van der Waals surface area contributed by atoms with Gasteiger partial charge in [0.2, 0.25) is 5.91 Å². The highest BCUT2D eigenvalue weighted by Gasteiger charge is 2.43. The van der Waals surface area contributed by atoms with Crippen LogP contribution < -0.4 is 10.1 Å². The second-order valence-corrected chi connectivity index (χ2v) is 6.43. The number of nitrogens with zero attached hydrogens (tertiary/aromatic N) is 1. The number of methoxy groups -OCH3 is 1. The van der Waals surface area contributed by atoms with Crippen LogP contribution in [-0.2, 0) is 4.79 Å². The fourth-order valence-electron chi connectivity index (χ4n) is 3.07. The molecule has 1 N–H and O–H groups in total.